The summed E-state index contributed by atoms with van der Waals surface area (Å²) >= 11 is 0. The molecule has 1 rings (SSSR count). The quantitative estimate of drug-likeness (QED) is 0.405. The average Bonchev–Trinajstić information content (AvgIpc) is 2.42. The molecule has 0 heterocycles. The van der Waals surface area contributed by atoms with Crippen LogP contribution < -0.4 is 20.9 Å². The molecule has 0 bridgehead atoms. The van der Waals surface area contributed by atoms with Crippen molar-refractivity contribution in [2.24, 2.45) is 5.84 Å². The van der Waals surface area contributed by atoms with E-state index in [4.69, 9.17) is 15.3 Å². The third kappa shape index (κ3) is 5.29. The third-order valence-electron chi connectivity index (χ3n) is 2.44. The molecule has 6 heteroatoms. The molecule has 0 aliphatic heterocycles. The Bertz CT molecular complexity index is 449. The lowest BCUT2D eigenvalue weighted by Crippen LogP contribution is -2.27. The largest absolute Gasteiger partial charge is 0.494 e. The average molecular weight is 280 g/mol. The zero-order valence-corrected chi connectivity index (χ0v) is 11.6. The first-order valence-corrected chi connectivity index (χ1v) is 6.36. The predicted octanol–water partition coefficient (Wildman–Crippen LogP) is 1.50. The maximum Gasteiger partial charge on any atom is 0.329 e. The number of hydrogen-bond donors (Lipinski definition) is 2. The zero-order valence-electron chi connectivity index (χ0n) is 11.6. The topological polar surface area (TPSA) is 82.8 Å². The van der Waals surface area contributed by atoms with Crippen molar-refractivity contribution in [3.8, 4) is 11.5 Å². The summed E-state index contributed by atoms with van der Waals surface area (Å²) < 4.78 is 11.0. The van der Waals surface area contributed by atoms with Gasteiger partial charge in [-0.25, -0.2) is 5.84 Å². The van der Waals surface area contributed by atoms with Crippen LogP contribution in [0.3, 0.4) is 0 Å². The lowest BCUT2D eigenvalue weighted by atomic mass is 10.1. The van der Waals surface area contributed by atoms with Crippen molar-refractivity contribution in [2.45, 2.75) is 19.8 Å². The zero-order chi connectivity index (χ0) is 14.8. The smallest absolute Gasteiger partial charge is 0.329 e. The van der Waals surface area contributed by atoms with Gasteiger partial charge in [0.15, 0.2) is 0 Å². The van der Waals surface area contributed by atoms with E-state index in [-0.39, 0.29) is 13.0 Å². The highest BCUT2D eigenvalue weighted by molar-refractivity contribution is 5.69. The van der Waals surface area contributed by atoms with E-state index in [2.05, 4.69) is 11.4 Å². The number of nitrogens with two attached hydrogens (primary N) is 1. The van der Waals surface area contributed by atoms with Crippen molar-refractivity contribution in [3.05, 3.63) is 36.4 Å². The third-order valence-corrected chi connectivity index (χ3v) is 2.44. The van der Waals surface area contributed by atoms with Crippen molar-refractivity contribution in [2.75, 3.05) is 13.2 Å². The second kappa shape index (κ2) is 8.95. The van der Waals surface area contributed by atoms with E-state index in [0.29, 0.717) is 18.8 Å². The molecule has 0 aliphatic rings. The fourth-order valence-electron chi connectivity index (χ4n) is 1.63. The second-order valence-electron chi connectivity index (χ2n) is 3.89. The Kier molecular flexibility index (Phi) is 7.16. The molecule has 0 fully saturated rings. The van der Waals surface area contributed by atoms with Gasteiger partial charge in [0.25, 0.3) is 0 Å². The summed E-state index contributed by atoms with van der Waals surface area (Å²) in [5, 5.41) is 0. The van der Waals surface area contributed by atoms with Crippen LogP contribution >= 0.6 is 0 Å². The maximum atomic E-state index is 11.1. The van der Waals surface area contributed by atoms with Crippen molar-refractivity contribution in [3.63, 3.8) is 0 Å². The molecule has 0 radical (unpaired) electrons. The molecule has 0 aromatic heterocycles. The van der Waals surface area contributed by atoms with E-state index in [1.807, 2.05) is 30.7 Å². The fourth-order valence-corrected chi connectivity index (χ4v) is 1.63. The number of rotatable bonds is 9. The Morgan fingerprint density at radius 3 is 2.90 bits per heavy atom. The lowest BCUT2D eigenvalue weighted by molar-refractivity contribution is -0.151. The van der Waals surface area contributed by atoms with Gasteiger partial charge in [0.2, 0.25) is 0 Å². The molecular weight excluding hydrogens is 260 g/mol. The minimum atomic E-state index is -0.483. The minimum absolute atomic E-state index is 0.102. The molecule has 0 saturated carbocycles. The molecule has 0 saturated heterocycles. The van der Waals surface area contributed by atoms with E-state index < -0.39 is 5.97 Å². The fraction of sp³-hybridized carbons (Fsp3) is 0.357. The van der Waals surface area contributed by atoms with E-state index in [1.54, 1.807) is 6.08 Å². The number of ether oxygens (including phenoxy) is 2. The van der Waals surface area contributed by atoms with Gasteiger partial charge < -0.3 is 14.3 Å². The minimum Gasteiger partial charge on any atom is -0.494 e. The van der Waals surface area contributed by atoms with Crippen LogP contribution in [0.2, 0.25) is 0 Å². The Balaban J connectivity index is 2.63. The summed E-state index contributed by atoms with van der Waals surface area (Å²) in [6.07, 6.45) is 2.54. The Hall–Kier alpha value is -2.05. The van der Waals surface area contributed by atoms with E-state index in [9.17, 15) is 4.79 Å². The van der Waals surface area contributed by atoms with Gasteiger partial charge in [-0.05, 0) is 31.5 Å². The van der Waals surface area contributed by atoms with Gasteiger partial charge >= 0.3 is 5.97 Å². The van der Waals surface area contributed by atoms with Crippen LogP contribution in [0.4, 0.5) is 0 Å². The number of nitrogens with one attached hydrogen (secondary N) is 1. The molecule has 110 valence electrons. The highest BCUT2D eigenvalue weighted by Gasteiger charge is 2.07. The van der Waals surface area contributed by atoms with Crippen molar-refractivity contribution < 1.29 is 19.1 Å². The first-order valence-electron chi connectivity index (χ1n) is 6.36. The molecule has 0 atom stereocenters. The molecule has 6 nitrogen and oxygen atoms in total. The van der Waals surface area contributed by atoms with Crippen LogP contribution in [0.5, 0.6) is 11.5 Å². The van der Waals surface area contributed by atoms with Crippen LogP contribution in [-0.2, 0) is 16.1 Å². The molecule has 0 amide bonds. The standard InChI is InChI=1S/C14H20N2O4/c1-3-5-11-10-12(18-4-2)6-7-13(11)19-9-8-14(17)20-16-15/h3,6-7,10,16H,1,4-5,8-9,15H2,2H3. The summed E-state index contributed by atoms with van der Waals surface area (Å²) in [7, 11) is 0. The summed E-state index contributed by atoms with van der Waals surface area (Å²) in [5.41, 5.74) is 2.79. The monoisotopic (exact) mass is 280 g/mol. The highest BCUT2D eigenvalue weighted by atomic mass is 16.7. The Morgan fingerprint density at radius 1 is 1.45 bits per heavy atom. The van der Waals surface area contributed by atoms with Crippen LogP contribution in [0.25, 0.3) is 0 Å². The van der Waals surface area contributed by atoms with E-state index in [1.165, 1.54) is 0 Å². The summed E-state index contributed by atoms with van der Waals surface area (Å²) in [6, 6.07) is 5.54. The Labute approximate surface area is 118 Å². The van der Waals surface area contributed by atoms with Crippen LogP contribution in [-0.4, -0.2) is 19.2 Å². The molecule has 20 heavy (non-hydrogen) atoms. The molecule has 0 unspecified atom stereocenters. The maximum absolute atomic E-state index is 11.1. The van der Waals surface area contributed by atoms with Crippen molar-refractivity contribution in [1.29, 1.82) is 0 Å². The van der Waals surface area contributed by atoms with Gasteiger partial charge in [0.1, 0.15) is 11.5 Å². The van der Waals surface area contributed by atoms with Gasteiger partial charge in [0, 0.05) is 5.56 Å². The summed E-state index contributed by atoms with van der Waals surface area (Å²) in [4.78, 5) is 15.5. The number of benzene rings is 1. The summed E-state index contributed by atoms with van der Waals surface area (Å²) in [6.45, 7) is 6.45. The first-order chi connectivity index (χ1) is 9.71. The first kappa shape index (κ1) is 16.0. The predicted molar refractivity (Wildman–Crippen MR) is 75.0 cm³/mol. The van der Waals surface area contributed by atoms with Gasteiger partial charge in [-0.2, -0.15) is 0 Å². The number of carbonyl (C=O) groups is 1. The normalized spacial score (nSPS) is 9.90. The molecule has 1 aromatic rings. The Morgan fingerprint density at radius 2 is 2.25 bits per heavy atom. The van der Waals surface area contributed by atoms with Gasteiger partial charge in [-0.1, -0.05) is 11.7 Å². The van der Waals surface area contributed by atoms with Gasteiger partial charge in [-0.3, -0.25) is 4.79 Å². The molecule has 3 N–H and O–H groups in total. The van der Waals surface area contributed by atoms with Gasteiger partial charge in [0.05, 0.1) is 19.6 Å². The molecule has 1 aromatic carbocycles. The van der Waals surface area contributed by atoms with Crippen molar-refractivity contribution >= 4 is 5.97 Å². The molecular formula is C14H20N2O4. The number of carbonyl (C=O) groups excluding carboxylic acids is 1. The van der Waals surface area contributed by atoms with Crippen LogP contribution in [0.1, 0.15) is 18.9 Å². The van der Waals surface area contributed by atoms with E-state index in [0.717, 1.165) is 11.3 Å². The van der Waals surface area contributed by atoms with Crippen molar-refractivity contribution in [1.82, 2.24) is 5.59 Å². The summed E-state index contributed by atoms with van der Waals surface area (Å²) in [5.74, 6) is 5.86. The number of hydrazine groups is 1. The highest BCUT2D eigenvalue weighted by Crippen LogP contribution is 2.25. The van der Waals surface area contributed by atoms with Gasteiger partial charge in [-0.15, -0.1) is 6.58 Å². The molecule has 0 aliphatic carbocycles. The second-order valence-corrected chi connectivity index (χ2v) is 3.89. The SMILES string of the molecule is C=CCc1cc(OCC)ccc1OCCC(=O)ONN. The van der Waals surface area contributed by atoms with E-state index >= 15 is 0 Å². The van der Waals surface area contributed by atoms with Crippen LogP contribution in [0.15, 0.2) is 30.9 Å². The number of hydrogen-bond acceptors (Lipinski definition) is 6. The lowest BCUT2D eigenvalue weighted by Gasteiger charge is -2.12. The van der Waals surface area contributed by atoms with Crippen LogP contribution in [0, 0.1) is 0 Å². The number of allylic oxidation sites excluding steroid dienone is 1. The molecule has 0 spiro atoms.